The summed E-state index contributed by atoms with van der Waals surface area (Å²) in [6.45, 7) is 1.49. The highest BCUT2D eigenvalue weighted by Gasteiger charge is 2.27. The molecular formula is C6H11NO2. The fourth-order valence-electron chi connectivity index (χ4n) is 0.993. The van der Waals surface area contributed by atoms with E-state index in [1.54, 1.807) is 0 Å². The zero-order valence-corrected chi connectivity index (χ0v) is 5.42. The molecule has 0 aliphatic heterocycles. The fourth-order valence-corrected chi connectivity index (χ4v) is 0.993. The summed E-state index contributed by atoms with van der Waals surface area (Å²) in [7, 11) is 0. The Morgan fingerprint density at radius 3 is 2.56 bits per heavy atom. The summed E-state index contributed by atoms with van der Waals surface area (Å²) in [6.07, 6.45) is 1.26. The third-order valence-electron chi connectivity index (χ3n) is 1.52. The molecule has 0 saturated heterocycles. The minimum atomic E-state index is -0.179. The second kappa shape index (κ2) is 2.35. The summed E-state index contributed by atoms with van der Waals surface area (Å²) in [6, 6.07) is 0.234. The maximum atomic E-state index is 10.4. The molecule has 3 nitrogen and oxygen atoms in total. The van der Waals surface area contributed by atoms with Crippen molar-refractivity contribution in [2.75, 3.05) is 0 Å². The van der Waals surface area contributed by atoms with Crippen LogP contribution in [0.3, 0.4) is 0 Å². The average molecular weight is 129 g/mol. The monoisotopic (exact) mass is 129 g/mol. The van der Waals surface area contributed by atoms with E-state index in [9.17, 15) is 4.79 Å². The van der Waals surface area contributed by atoms with Gasteiger partial charge in [0.1, 0.15) is 0 Å². The third-order valence-corrected chi connectivity index (χ3v) is 1.52. The van der Waals surface area contributed by atoms with E-state index in [-0.39, 0.29) is 18.1 Å². The number of hydrogen-bond donors (Lipinski definition) is 2. The van der Waals surface area contributed by atoms with Crippen molar-refractivity contribution in [1.82, 2.24) is 5.32 Å². The molecule has 9 heavy (non-hydrogen) atoms. The lowest BCUT2D eigenvalue weighted by molar-refractivity contribution is -0.120. The van der Waals surface area contributed by atoms with Gasteiger partial charge in [-0.15, -0.1) is 0 Å². The molecule has 0 aromatic rings. The van der Waals surface area contributed by atoms with Crippen LogP contribution in [0, 0.1) is 0 Å². The molecule has 1 fully saturated rings. The molecule has 0 atom stereocenters. The molecule has 0 unspecified atom stereocenters. The molecule has 3 heteroatoms. The van der Waals surface area contributed by atoms with Crippen molar-refractivity contribution in [2.24, 2.45) is 0 Å². The Morgan fingerprint density at radius 1 is 1.67 bits per heavy atom. The molecule has 0 bridgehead atoms. The molecule has 1 aliphatic carbocycles. The standard InChI is InChI=1S/C6H11NO2/c1-4(8)7-5-2-6(9)3-5/h5-6,9H,2-3H2,1H3,(H,7,8). The van der Waals surface area contributed by atoms with Crippen molar-refractivity contribution in [1.29, 1.82) is 0 Å². The van der Waals surface area contributed by atoms with Crippen LogP contribution in [0.5, 0.6) is 0 Å². The van der Waals surface area contributed by atoms with E-state index in [0.717, 1.165) is 12.8 Å². The second-order valence-electron chi connectivity index (χ2n) is 2.52. The first kappa shape index (κ1) is 6.55. The quantitative estimate of drug-likeness (QED) is 0.508. The minimum Gasteiger partial charge on any atom is -0.393 e. The predicted molar refractivity (Wildman–Crippen MR) is 32.8 cm³/mol. The first-order valence-electron chi connectivity index (χ1n) is 3.13. The predicted octanol–water partition coefficient (Wildman–Crippen LogP) is -0.354. The third kappa shape index (κ3) is 1.68. The number of nitrogens with one attached hydrogen (secondary N) is 1. The van der Waals surface area contributed by atoms with E-state index in [1.165, 1.54) is 6.92 Å². The Morgan fingerprint density at radius 2 is 2.22 bits per heavy atom. The van der Waals surface area contributed by atoms with Gasteiger partial charge in [0, 0.05) is 13.0 Å². The highest BCUT2D eigenvalue weighted by molar-refractivity contribution is 5.73. The minimum absolute atomic E-state index is 0.00750. The number of aliphatic hydroxyl groups excluding tert-OH is 1. The Kier molecular flexibility index (Phi) is 1.71. The van der Waals surface area contributed by atoms with Crippen LogP contribution in [0.4, 0.5) is 0 Å². The van der Waals surface area contributed by atoms with Crippen molar-refractivity contribution in [2.45, 2.75) is 31.9 Å². The van der Waals surface area contributed by atoms with Crippen LogP contribution in [0.25, 0.3) is 0 Å². The summed E-state index contributed by atoms with van der Waals surface area (Å²) in [5, 5.41) is 11.5. The van der Waals surface area contributed by atoms with Gasteiger partial charge in [-0.3, -0.25) is 4.79 Å². The van der Waals surface area contributed by atoms with Gasteiger partial charge in [-0.1, -0.05) is 0 Å². The van der Waals surface area contributed by atoms with Gasteiger partial charge < -0.3 is 10.4 Å². The lowest BCUT2D eigenvalue weighted by atomic mass is 9.90. The molecule has 0 heterocycles. The van der Waals surface area contributed by atoms with E-state index in [4.69, 9.17) is 5.11 Å². The van der Waals surface area contributed by atoms with Crippen LogP contribution in [-0.4, -0.2) is 23.2 Å². The van der Waals surface area contributed by atoms with E-state index in [2.05, 4.69) is 5.32 Å². The van der Waals surface area contributed by atoms with E-state index >= 15 is 0 Å². The first-order valence-corrected chi connectivity index (χ1v) is 3.13. The molecule has 1 saturated carbocycles. The van der Waals surface area contributed by atoms with Gasteiger partial charge in [0.15, 0.2) is 0 Å². The van der Waals surface area contributed by atoms with Crippen LogP contribution in [-0.2, 0) is 4.79 Å². The topological polar surface area (TPSA) is 49.3 Å². The van der Waals surface area contributed by atoms with E-state index < -0.39 is 0 Å². The van der Waals surface area contributed by atoms with Gasteiger partial charge in [-0.2, -0.15) is 0 Å². The Balaban J connectivity index is 2.11. The highest BCUT2D eigenvalue weighted by atomic mass is 16.3. The summed E-state index contributed by atoms with van der Waals surface area (Å²) < 4.78 is 0. The molecule has 1 amide bonds. The van der Waals surface area contributed by atoms with Crippen LogP contribution in [0.15, 0.2) is 0 Å². The number of hydrogen-bond acceptors (Lipinski definition) is 2. The van der Waals surface area contributed by atoms with Crippen molar-refractivity contribution >= 4 is 5.91 Å². The Labute approximate surface area is 54.1 Å². The first-order chi connectivity index (χ1) is 4.18. The van der Waals surface area contributed by atoms with Gasteiger partial charge >= 0.3 is 0 Å². The largest absolute Gasteiger partial charge is 0.393 e. The van der Waals surface area contributed by atoms with E-state index in [0.29, 0.717) is 0 Å². The van der Waals surface area contributed by atoms with Crippen LogP contribution < -0.4 is 5.32 Å². The number of aliphatic hydroxyl groups is 1. The summed E-state index contributed by atoms with van der Waals surface area (Å²) >= 11 is 0. The summed E-state index contributed by atoms with van der Waals surface area (Å²) in [5.74, 6) is -0.00750. The van der Waals surface area contributed by atoms with Gasteiger partial charge in [0.25, 0.3) is 0 Å². The van der Waals surface area contributed by atoms with Crippen molar-refractivity contribution < 1.29 is 9.90 Å². The molecule has 2 N–H and O–H groups in total. The van der Waals surface area contributed by atoms with Gasteiger partial charge in [0.05, 0.1) is 6.10 Å². The Hall–Kier alpha value is -0.570. The lowest BCUT2D eigenvalue weighted by Crippen LogP contribution is -2.45. The van der Waals surface area contributed by atoms with Gasteiger partial charge in [0.2, 0.25) is 5.91 Å². The van der Waals surface area contributed by atoms with Crippen molar-refractivity contribution in [3.63, 3.8) is 0 Å². The molecule has 0 spiro atoms. The molecule has 0 aromatic heterocycles. The van der Waals surface area contributed by atoms with Gasteiger partial charge in [-0.25, -0.2) is 0 Å². The normalized spacial score (nSPS) is 33.1. The average Bonchev–Trinajstić information content (AvgIpc) is 1.60. The van der Waals surface area contributed by atoms with Gasteiger partial charge in [-0.05, 0) is 12.8 Å². The molecule has 0 radical (unpaired) electrons. The lowest BCUT2D eigenvalue weighted by Gasteiger charge is -2.31. The van der Waals surface area contributed by atoms with E-state index in [1.807, 2.05) is 0 Å². The summed E-state index contributed by atoms with van der Waals surface area (Å²) in [5.41, 5.74) is 0. The maximum absolute atomic E-state index is 10.4. The number of carbonyl (C=O) groups excluding carboxylic acids is 1. The molecule has 52 valence electrons. The SMILES string of the molecule is CC(=O)NC1CC(O)C1. The maximum Gasteiger partial charge on any atom is 0.217 e. The molecule has 0 aromatic carbocycles. The number of carbonyl (C=O) groups is 1. The molecule has 1 aliphatic rings. The molecular weight excluding hydrogens is 118 g/mol. The number of rotatable bonds is 1. The van der Waals surface area contributed by atoms with Crippen molar-refractivity contribution in [3.8, 4) is 0 Å². The Bertz CT molecular complexity index is 118. The number of amides is 1. The smallest absolute Gasteiger partial charge is 0.217 e. The van der Waals surface area contributed by atoms with Crippen molar-refractivity contribution in [3.05, 3.63) is 0 Å². The molecule has 1 rings (SSSR count). The van der Waals surface area contributed by atoms with Crippen LogP contribution >= 0.6 is 0 Å². The highest BCUT2D eigenvalue weighted by Crippen LogP contribution is 2.18. The summed E-state index contributed by atoms with van der Waals surface area (Å²) in [4.78, 5) is 10.4. The zero-order chi connectivity index (χ0) is 6.85. The second-order valence-corrected chi connectivity index (χ2v) is 2.52. The zero-order valence-electron chi connectivity index (χ0n) is 5.42. The van der Waals surface area contributed by atoms with Crippen LogP contribution in [0.2, 0.25) is 0 Å². The van der Waals surface area contributed by atoms with Crippen LogP contribution in [0.1, 0.15) is 19.8 Å². The fraction of sp³-hybridized carbons (Fsp3) is 0.833.